The molecule has 180 valence electrons. The molecule has 1 aliphatic heterocycles. The van der Waals surface area contributed by atoms with Gasteiger partial charge in [0.25, 0.3) is 5.91 Å². The molecule has 0 spiro atoms. The van der Waals surface area contributed by atoms with Gasteiger partial charge in [0.1, 0.15) is 21.9 Å². The van der Waals surface area contributed by atoms with Gasteiger partial charge < -0.3 is 16.0 Å². The fourth-order valence-corrected chi connectivity index (χ4v) is 5.34. The Hall–Kier alpha value is -3.95. The minimum absolute atomic E-state index is 0.0681. The number of hydrogen-bond acceptors (Lipinski definition) is 7. The quantitative estimate of drug-likeness (QED) is 0.352. The Balaban J connectivity index is 1.34. The monoisotopic (exact) mass is 498 g/mol. The van der Waals surface area contributed by atoms with E-state index in [4.69, 9.17) is 5.73 Å². The highest BCUT2D eigenvalue weighted by Gasteiger charge is 2.24. The van der Waals surface area contributed by atoms with Gasteiger partial charge in [-0.15, -0.1) is 11.3 Å². The summed E-state index contributed by atoms with van der Waals surface area (Å²) >= 11 is 1.46. The Bertz CT molecular complexity index is 1600. The van der Waals surface area contributed by atoms with Crippen molar-refractivity contribution in [3.05, 3.63) is 77.8 Å². The van der Waals surface area contributed by atoms with Crippen LogP contribution in [0.15, 0.2) is 66.3 Å². The summed E-state index contributed by atoms with van der Waals surface area (Å²) in [6.07, 6.45) is 3.63. The molecule has 3 N–H and O–H groups in total. The van der Waals surface area contributed by atoms with Crippen LogP contribution < -0.4 is 16.0 Å². The number of fused-ring (bicyclic) bond motifs is 2. The third kappa shape index (κ3) is 4.27. The molecule has 1 amide bonds. The maximum Gasteiger partial charge on any atom is 0.274 e. The number of carbonyl (C=O) groups is 1. The van der Waals surface area contributed by atoms with Gasteiger partial charge in [-0.3, -0.25) is 4.79 Å². The van der Waals surface area contributed by atoms with E-state index >= 15 is 0 Å². The van der Waals surface area contributed by atoms with E-state index in [-0.39, 0.29) is 23.5 Å². The second-order valence-electron chi connectivity index (χ2n) is 8.94. The first-order chi connectivity index (χ1) is 17.5. The van der Waals surface area contributed by atoms with Crippen LogP contribution in [0.1, 0.15) is 23.3 Å². The number of anilines is 2. The maximum atomic E-state index is 13.7. The summed E-state index contributed by atoms with van der Waals surface area (Å²) in [6.45, 7) is 1.53. The van der Waals surface area contributed by atoms with Gasteiger partial charge in [-0.25, -0.2) is 19.3 Å². The average Bonchev–Trinajstić information content (AvgIpc) is 3.37. The predicted molar refractivity (Wildman–Crippen MR) is 142 cm³/mol. The molecular formula is C27H23FN6OS. The van der Waals surface area contributed by atoms with E-state index in [2.05, 4.69) is 25.2 Å². The summed E-state index contributed by atoms with van der Waals surface area (Å²) in [7, 11) is 0. The van der Waals surface area contributed by atoms with E-state index in [9.17, 15) is 9.18 Å². The van der Waals surface area contributed by atoms with Crippen LogP contribution in [-0.2, 0) is 0 Å². The fourth-order valence-electron chi connectivity index (χ4n) is 4.71. The molecule has 3 aromatic heterocycles. The molecule has 0 aliphatic carbocycles. The third-order valence-corrected chi connectivity index (χ3v) is 7.18. The van der Waals surface area contributed by atoms with Crippen molar-refractivity contribution >= 4 is 49.9 Å². The zero-order chi connectivity index (χ0) is 24.6. The van der Waals surface area contributed by atoms with E-state index in [0.29, 0.717) is 17.7 Å². The molecule has 0 saturated carbocycles. The topological polar surface area (TPSA) is 97.0 Å². The summed E-state index contributed by atoms with van der Waals surface area (Å²) in [5.74, 6) is -0.642. The number of halogens is 1. The number of piperidine rings is 1. The number of pyridine rings is 2. The fraction of sp³-hybridized carbons (Fsp3) is 0.185. The highest BCUT2D eigenvalue weighted by Crippen LogP contribution is 2.36. The molecular weight excluding hydrogens is 475 g/mol. The lowest BCUT2D eigenvalue weighted by atomic mass is 10.0. The SMILES string of the molecule is N[C@H]1CCCN(c2c(NC(=O)c3ccc4ccc(-c5cccc(F)c5)cc4n3)cnc3scnc23)C1. The Morgan fingerprint density at radius 2 is 1.97 bits per heavy atom. The van der Waals surface area contributed by atoms with Crippen LogP contribution in [0.25, 0.3) is 32.4 Å². The molecule has 1 saturated heterocycles. The first kappa shape index (κ1) is 22.5. The number of rotatable bonds is 4. The number of nitrogens with two attached hydrogens (primary N) is 1. The molecule has 5 aromatic rings. The largest absolute Gasteiger partial charge is 0.366 e. The lowest BCUT2D eigenvalue weighted by Crippen LogP contribution is -2.43. The van der Waals surface area contributed by atoms with E-state index in [1.807, 2.05) is 30.3 Å². The van der Waals surface area contributed by atoms with Gasteiger partial charge in [0.05, 0.1) is 28.6 Å². The smallest absolute Gasteiger partial charge is 0.274 e. The van der Waals surface area contributed by atoms with Crippen LogP contribution in [0, 0.1) is 5.82 Å². The summed E-state index contributed by atoms with van der Waals surface area (Å²) < 4.78 is 13.7. The van der Waals surface area contributed by atoms with Crippen molar-refractivity contribution in [3.8, 4) is 11.1 Å². The van der Waals surface area contributed by atoms with Crippen LogP contribution in [0.3, 0.4) is 0 Å². The van der Waals surface area contributed by atoms with Crippen molar-refractivity contribution in [3.63, 3.8) is 0 Å². The Morgan fingerprint density at radius 3 is 2.83 bits per heavy atom. The zero-order valence-electron chi connectivity index (χ0n) is 19.3. The number of carbonyl (C=O) groups excluding carboxylic acids is 1. The standard InChI is InChI=1S/C27H23FN6OS/c28-19-4-1-3-17(11-19)18-7-6-16-8-9-21(32-22(16)12-18)26(35)33-23-13-30-27-24(31-15-36-27)25(23)34-10-2-5-20(29)14-34/h1,3-4,6-9,11-13,15,20H,2,5,10,14,29H2,(H,33,35)/t20-/m0/s1. The summed E-state index contributed by atoms with van der Waals surface area (Å²) in [6, 6.07) is 15.7. The van der Waals surface area contributed by atoms with Gasteiger partial charge in [-0.1, -0.05) is 30.3 Å². The molecule has 9 heteroatoms. The molecule has 7 nitrogen and oxygen atoms in total. The second-order valence-corrected chi connectivity index (χ2v) is 9.78. The number of thiazole rings is 1. The molecule has 0 radical (unpaired) electrons. The number of amides is 1. The minimum Gasteiger partial charge on any atom is -0.366 e. The van der Waals surface area contributed by atoms with Gasteiger partial charge >= 0.3 is 0 Å². The maximum absolute atomic E-state index is 13.7. The van der Waals surface area contributed by atoms with E-state index in [0.717, 1.165) is 51.9 Å². The number of aromatic nitrogens is 3. The first-order valence-electron chi connectivity index (χ1n) is 11.8. The highest BCUT2D eigenvalue weighted by molar-refractivity contribution is 7.16. The number of nitrogens with one attached hydrogen (secondary N) is 1. The van der Waals surface area contributed by atoms with Crippen LogP contribution in [0.4, 0.5) is 15.8 Å². The van der Waals surface area contributed by atoms with Crippen molar-refractivity contribution in [2.75, 3.05) is 23.3 Å². The minimum atomic E-state index is -0.341. The molecule has 1 atom stereocenters. The summed E-state index contributed by atoms with van der Waals surface area (Å²) in [4.78, 5) is 30.0. The van der Waals surface area contributed by atoms with Gasteiger partial charge in [0.2, 0.25) is 0 Å². The second kappa shape index (κ2) is 9.25. The molecule has 2 aromatic carbocycles. The molecule has 0 bridgehead atoms. The number of nitrogens with zero attached hydrogens (tertiary/aromatic N) is 4. The predicted octanol–water partition coefficient (Wildman–Crippen LogP) is 5.23. The van der Waals surface area contributed by atoms with Gasteiger partial charge in [-0.2, -0.15) is 0 Å². The highest BCUT2D eigenvalue weighted by atomic mass is 32.1. The van der Waals surface area contributed by atoms with Crippen molar-refractivity contribution in [1.82, 2.24) is 15.0 Å². The molecule has 4 heterocycles. The zero-order valence-corrected chi connectivity index (χ0v) is 20.1. The Kier molecular flexibility index (Phi) is 5.79. The molecule has 1 fully saturated rings. The number of benzene rings is 2. The van der Waals surface area contributed by atoms with E-state index < -0.39 is 0 Å². The molecule has 6 rings (SSSR count). The van der Waals surface area contributed by atoms with Gasteiger partial charge in [-0.05, 0) is 48.2 Å². The van der Waals surface area contributed by atoms with Gasteiger partial charge in [0, 0.05) is 24.5 Å². The average molecular weight is 499 g/mol. The van der Waals surface area contributed by atoms with Crippen molar-refractivity contribution in [2.45, 2.75) is 18.9 Å². The van der Waals surface area contributed by atoms with Crippen LogP contribution in [0.5, 0.6) is 0 Å². The van der Waals surface area contributed by atoms with Crippen LogP contribution in [0.2, 0.25) is 0 Å². The lowest BCUT2D eigenvalue weighted by molar-refractivity contribution is 0.102. The Morgan fingerprint density at radius 1 is 1.11 bits per heavy atom. The summed E-state index contributed by atoms with van der Waals surface area (Å²) in [5.41, 5.74) is 12.7. The Labute approximate surface area is 210 Å². The van der Waals surface area contributed by atoms with Crippen molar-refractivity contribution in [2.24, 2.45) is 5.73 Å². The van der Waals surface area contributed by atoms with Crippen molar-refractivity contribution < 1.29 is 9.18 Å². The molecule has 36 heavy (non-hydrogen) atoms. The van der Waals surface area contributed by atoms with E-state index in [1.54, 1.807) is 23.8 Å². The van der Waals surface area contributed by atoms with Crippen LogP contribution >= 0.6 is 11.3 Å². The normalized spacial score (nSPS) is 15.9. The van der Waals surface area contributed by atoms with Gasteiger partial charge in [0.15, 0.2) is 0 Å². The molecule has 1 aliphatic rings. The van der Waals surface area contributed by atoms with Crippen LogP contribution in [-0.4, -0.2) is 40.0 Å². The lowest BCUT2D eigenvalue weighted by Gasteiger charge is -2.33. The number of hydrogen-bond donors (Lipinski definition) is 2. The first-order valence-corrected chi connectivity index (χ1v) is 12.6. The molecule has 0 unspecified atom stereocenters. The van der Waals surface area contributed by atoms with E-state index in [1.165, 1.54) is 23.5 Å². The van der Waals surface area contributed by atoms with Crippen molar-refractivity contribution in [1.29, 1.82) is 0 Å². The third-order valence-electron chi connectivity index (χ3n) is 6.44. The summed E-state index contributed by atoms with van der Waals surface area (Å²) in [5, 5.41) is 3.90.